The van der Waals surface area contributed by atoms with Crippen LogP contribution in [0.2, 0.25) is 0 Å². The van der Waals surface area contributed by atoms with Gasteiger partial charge in [0.1, 0.15) is 6.20 Å². The van der Waals surface area contributed by atoms with E-state index in [-0.39, 0.29) is 11.5 Å². The van der Waals surface area contributed by atoms with Crippen molar-refractivity contribution >= 4 is 11.5 Å². The Morgan fingerprint density at radius 1 is 1.38 bits per heavy atom. The van der Waals surface area contributed by atoms with Crippen molar-refractivity contribution in [3.05, 3.63) is 46.6 Å². The van der Waals surface area contributed by atoms with Gasteiger partial charge in [0.2, 0.25) is 5.82 Å². The van der Waals surface area contributed by atoms with Gasteiger partial charge in [-0.25, -0.2) is 4.68 Å². The highest BCUT2D eigenvalue weighted by Gasteiger charge is 2.18. The molecule has 0 radical (unpaired) electrons. The second-order valence-electron chi connectivity index (χ2n) is 3.15. The first-order chi connectivity index (χ1) is 7.72. The number of rotatable bonds is 3. The zero-order valence-corrected chi connectivity index (χ0v) is 8.62. The SMILES string of the molecule is CNc1nn(-c2ccccc2)cc1[N+](=O)[O-]. The molecule has 0 saturated heterocycles. The number of nitro groups is 1. The summed E-state index contributed by atoms with van der Waals surface area (Å²) in [6, 6.07) is 9.23. The van der Waals surface area contributed by atoms with Gasteiger partial charge in [-0.1, -0.05) is 18.2 Å². The third-order valence-corrected chi connectivity index (χ3v) is 2.15. The lowest BCUT2D eigenvalue weighted by Crippen LogP contribution is -1.96. The van der Waals surface area contributed by atoms with E-state index in [2.05, 4.69) is 10.4 Å². The fourth-order valence-electron chi connectivity index (χ4n) is 1.39. The topological polar surface area (TPSA) is 73.0 Å². The van der Waals surface area contributed by atoms with Gasteiger partial charge in [-0.3, -0.25) is 10.1 Å². The zero-order valence-electron chi connectivity index (χ0n) is 8.62. The first kappa shape index (κ1) is 10.2. The number of nitrogens with zero attached hydrogens (tertiary/aromatic N) is 3. The van der Waals surface area contributed by atoms with Crippen LogP contribution in [0, 0.1) is 10.1 Å². The zero-order chi connectivity index (χ0) is 11.5. The van der Waals surface area contributed by atoms with E-state index in [0.717, 1.165) is 5.69 Å². The molecule has 0 saturated carbocycles. The predicted molar refractivity (Wildman–Crippen MR) is 59.8 cm³/mol. The van der Waals surface area contributed by atoms with Crippen LogP contribution in [0.1, 0.15) is 0 Å². The predicted octanol–water partition coefficient (Wildman–Crippen LogP) is 1.82. The van der Waals surface area contributed by atoms with Gasteiger partial charge in [0, 0.05) is 7.05 Å². The summed E-state index contributed by atoms with van der Waals surface area (Å²) in [6.07, 6.45) is 1.39. The van der Waals surface area contributed by atoms with Crippen molar-refractivity contribution in [2.24, 2.45) is 0 Å². The summed E-state index contributed by atoms with van der Waals surface area (Å²) in [5, 5.41) is 17.5. The fourth-order valence-corrected chi connectivity index (χ4v) is 1.39. The van der Waals surface area contributed by atoms with Gasteiger partial charge in [0.05, 0.1) is 10.6 Å². The van der Waals surface area contributed by atoms with Crippen LogP contribution >= 0.6 is 0 Å². The van der Waals surface area contributed by atoms with Crippen LogP contribution in [-0.2, 0) is 0 Å². The third kappa shape index (κ3) is 1.72. The van der Waals surface area contributed by atoms with Crippen LogP contribution in [0.3, 0.4) is 0 Å². The average Bonchev–Trinajstić information content (AvgIpc) is 2.74. The van der Waals surface area contributed by atoms with Crippen molar-refractivity contribution in [3.63, 3.8) is 0 Å². The Bertz CT molecular complexity index is 507. The highest BCUT2D eigenvalue weighted by Crippen LogP contribution is 2.23. The molecule has 0 atom stereocenters. The molecule has 1 aromatic carbocycles. The summed E-state index contributed by atoms with van der Waals surface area (Å²) in [6.45, 7) is 0. The molecule has 2 rings (SSSR count). The number of hydrogen-bond acceptors (Lipinski definition) is 4. The molecule has 16 heavy (non-hydrogen) atoms. The molecule has 6 nitrogen and oxygen atoms in total. The lowest BCUT2D eigenvalue weighted by molar-refractivity contribution is -0.384. The van der Waals surface area contributed by atoms with Crippen molar-refractivity contribution in [3.8, 4) is 5.69 Å². The molecule has 0 unspecified atom stereocenters. The maximum Gasteiger partial charge on any atom is 0.331 e. The van der Waals surface area contributed by atoms with Crippen molar-refractivity contribution in [2.45, 2.75) is 0 Å². The summed E-state index contributed by atoms with van der Waals surface area (Å²) in [5.74, 6) is 0.258. The van der Waals surface area contributed by atoms with E-state index >= 15 is 0 Å². The second-order valence-corrected chi connectivity index (χ2v) is 3.15. The number of anilines is 1. The molecule has 0 amide bonds. The van der Waals surface area contributed by atoms with Gasteiger partial charge >= 0.3 is 5.69 Å². The monoisotopic (exact) mass is 218 g/mol. The average molecular weight is 218 g/mol. The number of hydrogen-bond donors (Lipinski definition) is 1. The lowest BCUT2D eigenvalue weighted by atomic mass is 10.3. The largest absolute Gasteiger partial charge is 0.366 e. The smallest absolute Gasteiger partial charge is 0.331 e. The summed E-state index contributed by atoms with van der Waals surface area (Å²) in [5.41, 5.74) is 0.749. The molecule has 1 N–H and O–H groups in total. The van der Waals surface area contributed by atoms with E-state index in [1.54, 1.807) is 7.05 Å². The molecule has 0 bridgehead atoms. The molecule has 0 aliphatic heterocycles. The van der Waals surface area contributed by atoms with Crippen LogP contribution in [0.5, 0.6) is 0 Å². The number of aromatic nitrogens is 2. The van der Waals surface area contributed by atoms with E-state index in [1.807, 2.05) is 30.3 Å². The molecule has 0 aliphatic rings. The summed E-state index contributed by atoms with van der Waals surface area (Å²) < 4.78 is 1.48. The Morgan fingerprint density at radius 3 is 2.56 bits per heavy atom. The van der Waals surface area contributed by atoms with Crippen LogP contribution in [0.15, 0.2) is 36.5 Å². The van der Waals surface area contributed by atoms with Crippen LogP contribution in [-0.4, -0.2) is 21.8 Å². The quantitative estimate of drug-likeness (QED) is 0.630. The first-order valence-electron chi connectivity index (χ1n) is 4.69. The van der Waals surface area contributed by atoms with Crippen LogP contribution in [0.4, 0.5) is 11.5 Å². The van der Waals surface area contributed by atoms with E-state index in [4.69, 9.17) is 0 Å². The molecule has 0 spiro atoms. The van der Waals surface area contributed by atoms with Crippen molar-refractivity contribution in [1.82, 2.24) is 9.78 Å². The van der Waals surface area contributed by atoms with E-state index in [1.165, 1.54) is 10.9 Å². The van der Waals surface area contributed by atoms with E-state index in [9.17, 15) is 10.1 Å². The highest BCUT2D eigenvalue weighted by molar-refractivity contribution is 5.55. The molecular weight excluding hydrogens is 208 g/mol. The Kier molecular flexibility index (Phi) is 2.55. The summed E-state index contributed by atoms with van der Waals surface area (Å²) in [4.78, 5) is 10.3. The Balaban J connectivity index is 2.48. The van der Waals surface area contributed by atoms with E-state index < -0.39 is 4.92 Å². The minimum absolute atomic E-state index is 0.0358. The summed E-state index contributed by atoms with van der Waals surface area (Å²) >= 11 is 0. The first-order valence-corrected chi connectivity index (χ1v) is 4.69. The van der Waals surface area contributed by atoms with Crippen molar-refractivity contribution in [1.29, 1.82) is 0 Å². The molecular formula is C10H10N4O2. The molecule has 1 heterocycles. The lowest BCUT2D eigenvalue weighted by Gasteiger charge is -1.98. The standard InChI is InChI=1S/C10H10N4O2/c1-11-10-9(14(15)16)7-13(12-10)8-5-3-2-4-6-8/h2-7H,1H3,(H,11,12). The number of benzene rings is 1. The Labute approximate surface area is 91.7 Å². The molecule has 2 aromatic rings. The van der Waals surface area contributed by atoms with E-state index in [0.29, 0.717) is 0 Å². The van der Waals surface area contributed by atoms with Crippen LogP contribution < -0.4 is 5.32 Å². The maximum atomic E-state index is 10.7. The summed E-state index contributed by atoms with van der Waals surface area (Å²) in [7, 11) is 1.60. The van der Waals surface area contributed by atoms with Gasteiger partial charge in [0.15, 0.2) is 0 Å². The van der Waals surface area contributed by atoms with Crippen LogP contribution in [0.25, 0.3) is 5.69 Å². The van der Waals surface area contributed by atoms with Gasteiger partial charge in [-0.2, -0.15) is 0 Å². The minimum atomic E-state index is -0.460. The second kappa shape index (κ2) is 4.01. The normalized spacial score (nSPS) is 10.1. The van der Waals surface area contributed by atoms with Gasteiger partial charge in [0.25, 0.3) is 0 Å². The molecule has 0 aliphatic carbocycles. The van der Waals surface area contributed by atoms with Gasteiger partial charge < -0.3 is 5.32 Å². The van der Waals surface area contributed by atoms with Gasteiger partial charge in [-0.15, -0.1) is 5.10 Å². The third-order valence-electron chi connectivity index (χ3n) is 2.15. The van der Waals surface area contributed by atoms with Crippen molar-refractivity contribution in [2.75, 3.05) is 12.4 Å². The number of nitrogens with one attached hydrogen (secondary N) is 1. The highest BCUT2D eigenvalue weighted by atomic mass is 16.6. The van der Waals surface area contributed by atoms with Gasteiger partial charge in [-0.05, 0) is 12.1 Å². The molecule has 82 valence electrons. The fraction of sp³-hybridized carbons (Fsp3) is 0.100. The molecule has 0 fully saturated rings. The molecule has 6 heteroatoms. The minimum Gasteiger partial charge on any atom is -0.366 e. The Morgan fingerprint density at radius 2 is 2.06 bits per heavy atom. The van der Waals surface area contributed by atoms with Crippen molar-refractivity contribution < 1.29 is 4.92 Å². The molecule has 1 aromatic heterocycles. The Hall–Kier alpha value is -2.37. The number of para-hydroxylation sites is 1. The maximum absolute atomic E-state index is 10.7.